The Morgan fingerprint density at radius 1 is 1.19 bits per heavy atom. The first-order valence-electron chi connectivity index (χ1n) is 6.73. The van der Waals surface area contributed by atoms with Crippen molar-refractivity contribution in [3.05, 3.63) is 29.8 Å². The lowest BCUT2D eigenvalue weighted by molar-refractivity contribution is -0.137. The summed E-state index contributed by atoms with van der Waals surface area (Å²) in [7, 11) is 0. The van der Waals surface area contributed by atoms with E-state index in [2.05, 4.69) is 5.32 Å². The molecule has 0 bridgehead atoms. The Bertz CT molecular complexity index is 505. The summed E-state index contributed by atoms with van der Waals surface area (Å²) in [6.45, 7) is 0.427. The van der Waals surface area contributed by atoms with Crippen molar-refractivity contribution >= 4 is 11.9 Å². The van der Waals surface area contributed by atoms with Gasteiger partial charge < -0.3 is 15.2 Å². The van der Waals surface area contributed by atoms with Crippen LogP contribution in [-0.2, 0) is 9.59 Å². The van der Waals surface area contributed by atoms with E-state index >= 15 is 0 Å². The van der Waals surface area contributed by atoms with Crippen molar-refractivity contribution in [3.8, 4) is 11.8 Å². The molecule has 112 valence electrons. The molecule has 0 saturated carbocycles. The largest absolute Gasteiger partial charge is 0.484 e. The number of amides is 1. The van der Waals surface area contributed by atoms with Crippen molar-refractivity contribution < 1.29 is 19.4 Å². The third-order valence-electron chi connectivity index (χ3n) is 2.74. The van der Waals surface area contributed by atoms with Gasteiger partial charge in [0.05, 0.1) is 11.6 Å². The highest BCUT2D eigenvalue weighted by Crippen LogP contribution is 2.11. The topological polar surface area (TPSA) is 99.4 Å². The highest BCUT2D eigenvalue weighted by Gasteiger charge is 2.02. The molecule has 1 rings (SSSR count). The van der Waals surface area contributed by atoms with Crippen LogP contribution in [0.15, 0.2) is 24.3 Å². The Hall–Kier alpha value is -2.55. The monoisotopic (exact) mass is 290 g/mol. The van der Waals surface area contributed by atoms with Gasteiger partial charge in [0, 0.05) is 13.0 Å². The number of carboxylic acids is 1. The first-order chi connectivity index (χ1) is 10.1. The SMILES string of the molecule is N#Cc1ccc(OCC(=O)NCCCCCC(=O)O)cc1. The number of carbonyl (C=O) groups excluding carboxylic acids is 1. The molecule has 0 spiro atoms. The molecule has 2 N–H and O–H groups in total. The second-order valence-electron chi connectivity index (χ2n) is 4.48. The zero-order valence-corrected chi connectivity index (χ0v) is 11.7. The third-order valence-corrected chi connectivity index (χ3v) is 2.74. The number of ether oxygens (including phenoxy) is 1. The fourth-order valence-corrected chi connectivity index (χ4v) is 1.63. The molecule has 1 aromatic rings. The Morgan fingerprint density at radius 3 is 2.52 bits per heavy atom. The molecule has 1 amide bonds. The van der Waals surface area contributed by atoms with Gasteiger partial charge in [-0.05, 0) is 37.1 Å². The molecule has 0 atom stereocenters. The van der Waals surface area contributed by atoms with Crippen molar-refractivity contribution in [2.24, 2.45) is 0 Å². The molecule has 21 heavy (non-hydrogen) atoms. The minimum absolute atomic E-state index is 0.0823. The average molecular weight is 290 g/mol. The van der Waals surface area contributed by atoms with Gasteiger partial charge in [-0.2, -0.15) is 5.26 Å². The highest BCUT2D eigenvalue weighted by atomic mass is 16.5. The van der Waals surface area contributed by atoms with E-state index in [1.807, 2.05) is 6.07 Å². The van der Waals surface area contributed by atoms with Crippen LogP contribution < -0.4 is 10.1 Å². The van der Waals surface area contributed by atoms with Gasteiger partial charge in [0.15, 0.2) is 6.61 Å². The number of benzene rings is 1. The van der Waals surface area contributed by atoms with Gasteiger partial charge in [0.2, 0.25) is 0 Å². The van der Waals surface area contributed by atoms with Crippen LogP contribution in [0.5, 0.6) is 5.75 Å². The molecule has 0 aliphatic carbocycles. The fraction of sp³-hybridized carbons (Fsp3) is 0.400. The minimum atomic E-state index is -0.796. The average Bonchev–Trinajstić information content (AvgIpc) is 2.49. The van der Waals surface area contributed by atoms with Crippen LogP contribution in [-0.4, -0.2) is 30.1 Å². The van der Waals surface area contributed by atoms with Crippen molar-refractivity contribution in [2.75, 3.05) is 13.2 Å². The summed E-state index contributed by atoms with van der Waals surface area (Å²) in [6.07, 6.45) is 2.29. The summed E-state index contributed by atoms with van der Waals surface area (Å²) >= 11 is 0. The van der Waals surface area contributed by atoms with Crippen LogP contribution in [0.2, 0.25) is 0 Å². The Kier molecular flexibility index (Phi) is 7.36. The molecule has 0 aliphatic rings. The van der Waals surface area contributed by atoms with E-state index in [1.54, 1.807) is 24.3 Å². The van der Waals surface area contributed by atoms with Crippen LogP contribution in [0, 0.1) is 11.3 Å². The van der Waals surface area contributed by atoms with Gasteiger partial charge in [0.25, 0.3) is 5.91 Å². The van der Waals surface area contributed by atoms with Crippen molar-refractivity contribution in [3.63, 3.8) is 0 Å². The highest BCUT2D eigenvalue weighted by molar-refractivity contribution is 5.77. The summed E-state index contributed by atoms with van der Waals surface area (Å²) < 4.78 is 5.28. The van der Waals surface area contributed by atoms with E-state index in [9.17, 15) is 9.59 Å². The molecule has 0 saturated heterocycles. The summed E-state index contributed by atoms with van der Waals surface area (Å²) in [5.41, 5.74) is 0.535. The number of hydrogen-bond donors (Lipinski definition) is 2. The standard InChI is InChI=1S/C15H18N2O4/c16-10-12-5-7-13(8-6-12)21-11-14(18)17-9-3-1-2-4-15(19)20/h5-8H,1-4,9,11H2,(H,17,18)(H,19,20). The van der Waals surface area contributed by atoms with Crippen LogP contribution in [0.25, 0.3) is 0 Å². The maximum atomic E-state index is 11.5. The number of aliphatic carboxylic acids is 1. The number of nitrogens with one attached hydrogen (secondary N) is 1. The molecule has 6 heteroatoms. The normalized spacial score (nSPS) is 9.67. The molecule has 1 aromatic carbocycles. The van der Waals surface area contributed by atoms with Crippen molar-refractivity contribution in [2.45, 2.75) is 25.7 Å². The molecule has 0 fully saturated rings. The molecular formula is C15H18N2O4. The van der Waals surface area contributed by atoms with Crippen molar-refractivity contribution in [1.82, 2.24) is 5.32 Å². The Labute approximate surface area is 123 Å². The number of carboxylic acid groups (broad SMARTS) is 1. The van der Waals surface area contributed by atoms with Crippen LogP contribution in [0.3, 0.4) is 0 Å². The summed E-state index contributed by atoms with van der Waals surface area (Å²) in [5.74, 6) is -0.488. The second-order valence-corrected chi connectivity index (χ2v) is 4.48. The molecule has 0 aliphatic heterocycles. The van der Waals surface area contributed by atoms with Gasteiger partial charge in [-0.1, -0.05) is 6.42 Å². The maximum absolute atomic E-state index is 11.5. The summed E-state index contributed by atoms with van der Waals surface area (Å²) in [4.78, 5) is 21.8. The third kappa shape index (κ3) is 7.57. The lowest BCUT2D eigenvalue weighted by Gasteiger charge is -2.07. The van der Waals surface area contributed by atoms with E-state index in [0.717, 1.165) is 12.8 Å². The van der Waals surface area contributed by atoms with E-state index in [-0.39, 0.29) is 18.9 Å². The predicted octanol–water partition coefficient (Wildman–Crippen LogP) is 1.70. The molecule has 6 nitrogen and oxygen atoms in total. The summed E-state index contributed by atoms with van der Waals surface area (Å²) in [5, 5.41) is 19.8. The zero-order chi connectivity index (χ0) is 15.5. The van der Waals surface area contributed by atoms with Crippen LogP contribution in [0.4, 0.5) is 0 Å². The zero-order valence-electron chi connectivity index (χ0n) is 11.7. The van der Waals surface area contributed by atoms with E-state index in [4.69, 9.17) is 15.1 Å². The number of nitrogens with zero attached hydrogens (tertiary/aromatic N) is 1. The number of rotatable bonds is 9. The second kappa shape index (κ2) is 9.37. The fourth-order valence-electron chi connectivity index (χ4n) is 1.63. The number of carbonyl (C=O) groups is 2. The number of unbranched alkanes of at least 4 members (excludes halogenated alkanes) is 2. The predicted molar refractivity (Wildman–Crippen MR) is 75.8 cm³/mol. The molecule has 0 radical (unpaired) electrons. The molecule has 0 heterocycles. The Morgan fingerprint density at radius 2 is 1.90 bits per heavy atom. The van der Waals surface area contributed by atoms with Gasteiger partial charge in [-0.15, -0.1) is 0 Å². The van der Waals surface area contributed by atoms with E-state index in [0.29, 0.717) is 24.3 Å². The van der Waals surface area contributed by atoms with Gasteiger partial charge in [-0.25, -0.2) is 0 Å². The minimum Gasteiger partial charge on any atom is -0.484 e. The van der Waals surface area contributed by atoms with E-state index < -0.39 is 5.97 Å². The maximum Gasteiger partial charge on any atom is 0.303 e. The van der Waals surface area contributed by atoms with Crippen LogP contribution in [0.1, 0.15) is 31.2 Å². The van der Waals surface area contributed by atoms with E-state index in [1.165, 1.54) is 0 Å². The van der Waals surface area contributed by atoms with Gasteiger partial charge in [0.1, 0.15) is 5.75 Å². The lowest BCUT2D eigenvalue weighted by Crippen LogP contribution is -2.29. The smallest absolute Gasteiger partial charge is 0.303 e. The first kappa shape index (κ1) is 16.5. The summed E-state index contributed by atoms with van der Waals surface area (Å²) in [6, 6.07) is 8.51. The molecule has 0 aromatic heterocycles. The van der Waals surface area contributed by atoms with Crippen molar-refractivity contribution in [1.29, 1.82) is 5.26 Å². The quantitative estimate of drug-likeness (QED) is 0.674. The van der Waals surface area contributed by atoms with Gasteiger partial charge >= 0.3 is 5.97 Å². The number of hydrogen-bond acceptors (Lipinski definition) is 4. The first-order valence-corrected chi connectivity index (χ1v) is 6.73. The molecule has 0 unspecified atom stereocenters. The lowest BCUT2D eigenvalue weighted by atomic mass is 10.2. The van der Waals surface area contributed by atoms with Gasteiger partial charge in [-0.3, -0.25) is 9.59 Å². The van der Waals surface area contributed by atoms with Crippen LogP contribution >= 0.6 is 0 Å². The molecular weight excluding hydrogens is 272 g/mol. The number of nitriles is 1. The Balaban J connectivity index is 2.11.